The first-order valence-corrected chi connectivity index (χ1v) is 8.25. The van der Waals surface area contributed by atoms with E-state index in [9.17, 15) is 4.79 Å². The zero-order valence-corrected chi connectivity index (χ0v) is 13.6. The minimum atomic E-state index is 0.0763. The van der Waals surface area contributed by atoms with Gasteiger partial charge in [-0.2, -0.15) is 0 Å². The standard InChI is InChI=1S/C18H21NOS/c1-18(2,3)12-9-7-11(8-10-12)16(20)15-13-5-4-6-14(13)21-17(15)19/h7-10H,4-6,19H2,1-3H3. The van der Waals surface area contributed by atoms with Crippen LogP contribution in [0, 0.1) is 0 Å². The first-order valence-electron chi connectivity index (χ1n) is 7.43. The highest BCUT2D eigenvalue weighted by atomic mass is 32.1. The molecule has 110 valence electrons. The molecule has 0 bridgehead atoms. The van der Waals surface area contributed by atoms with Crippen molar-refractivity contribution in [3.63, 3.8) is 0 Å². The topological polar surface area (TPSA) is 43.1 Å². The van der Waals surface area contributed by atoms with E-state index in [-0.39, 0.29) is 11.2 Å². The molecule has 0 spiro atoms. The van der Waals surface area contributed by atoms with E-state index in [1.54, 1.807) is 11.3 Å². The second-order valence-electron chi connectivity index (χ2n) is 6.75. The van der Waals surface area contributed by atoms with Crippen LogP contribution in [0.25, 0.3) is 0 Å². The maximum absolute atomic E-state index is 12.8. The van der Waals surface area contributed by atoms with E-state index < -0.39 is 0 Å². The number of rotatable bonds is 2. The van der Waals surface area contributed by atoms with Crippen LogP contribution < -0.4 is 5.73 Å². The third kappa shape index (κ3) is 2.51. The molecule has 0 amide bonds. The third-order valence-corrected chi connectivity index (χ3v) is 5.31. The predicted molar refractivity (Wildman–Crippen MR) is 89.3 cm³/mol. The van der Waals surface area contributed by atoms with Crippen molar-refractivity contribution in [2.24, 2.45) is 0 Å². The molecule has 0 aliphatic heterocycles. The van der Waals surface area contributed by atoms with Crippen LogP contribution in [0.3, 0.4) is 0 Å². The van der Waals surface area contributed by atoms with Crippen LogP contribution in [0.4, 0.5) is 5.00 Å². The van der Waals surface area contributed by atoms with Gasteiger partial charge in [-0.3, -0.25) is 4.79 Å². The summed E-state index contributed by atoms with van der Waals surface area (Å²) in [5.41, 5.74) is 10.1. The summed E-state index contributed by atoms with van der Waals surface area (Å²) >= 11 is 1.59. The summed E-state index contributed by atoms with van der Waals surface area (Å²) in [6.07, 6.45) is 3.20. The Morgan fingerprint density at radius 1 is 1.14 bits per heavy atom. The molecule has 1 aliphatic carbocycles. The quantitative estimate of drug-likeness (QED) is 0.838. The lowest BCUT2D eigenvalue weighted by Gasteiger charge is -2.19. The number of ketones is 1. The normalized spacial score (nSPS) is 14.2. The Kier molecular flexibility index (Phi) is 3.40. The second kappa shape index (κ2) is 4.99. The molecule has 2 N–H and O–H groups in total. The number of thiophene rings is 1. The lowest BCUT2D eigenvalue weighted by Crippen LogP contribution is -2.12. The summed E-state index contributed by atoms with van der Waals surface area (Å²) in [6.45, 7) is 6.52. The Morgan fingerprint density at radius 3 is 2.43 bits per heavy atom. The molecule has 0 unspecified atom stereocenters. The molecule has 3 rings (SSSR count). The number of hydrogen-bond acceptors (Lipinski definition) is 3. The smallest absolute Gasteiger partial charge is 0.196 e. The van der Waals surface area contributed by atoms with Crippen molar-refractivity contribution in [3.05, 3.63) is 51.4 Å². The summed E-state index contributed by atoms with van der Waals surface area (Å²) in [7, 11) is 0. The maximum atomic E-state index is 12.8. The fourth-order valence-corrected chi connectivity index (χ4v) is 4.10. The summed E-state index contributed by atoms with van der Waals surface area (Å²) < 4.78 is 0. The van der Waals surface area contributed by atoms with Crippen LogP contribution in [-0.2, 0) is 18.3 Å². The number of benzene rings is 1. The summed E-state index contributed by atoms with van der Waals surface area (Å²) in [4.78, 5) is 14.1. The zero-order valence-electron chi connectivity index (χ0n) is 12.8. The number of nitrogens with two attached hydrogens (primary N) is 1. The van der Waals surface area contributed by atoms with Crippen molar-refractivity contribution < 1.29 is 4.79 Å². The summed E-state index contributed by atoms with van der Waals surface area (Å²) in [6, 6.07) is 7.97. The van der Waals surface area contributed by atoms with Gasteiger partial charge in [-0.1, -0.05) is 45.0 Å². The van der Waals surface area contributed by atoms with Crippen LogP contribution in [0.2, 0.25) is 0 Å². The monoisotopic (exact) mass is 299 g/mol. The third-order valence-electron chi connectivity index (χ3n) is 4.19. The van der Waals surface area contributed by atoms with Crippen molar-refractivity contribution in [1.29, 1.82) is 0 Å². The largest absolute Gasteiger partial charge is 0.390 e. The molecular formula is C18H21NOS. The molecule has 0 radical (unpaired) electrons. The Morgan fingerprint density at radius 2 is 1.81 bits per heavy atom. The molecular weight excluding hydrogens is 278 g/mol. The van der Waals surface area contributed by atoms with Gasteiger partial charge in [0.15, 0.2) is 5.78 Å². The Labute approximate surface area is 130 Å². The van der Waals surface area contributed by atoms with Gasteiger partial charge in [0.05, 0.1) is 10.6 Å². The van der Waals surface area contributed by atoms with Gasteiger partial charge in [0.25, 0.3) is 0 Å². The SMILES string of the molecule is CC(C)(C)c1ccc(C(=O)c2c(N)sc3c2CCC3)cc1. The van der Waals surface area contributed by atoms with Crippen LogP contribution in [0.1, 0.15) is 59.1 Å². The van der Waals surface area contributed by atoms with E-state index in [1.807, 2.05) is 12.1 Å². The van der Waals surface area contributed by atoms with Crippen molar-refractivity contribution in [2.45, 2.75) is 45.4 Å². The van der Waals surface area contributed by atoms with Crippen molar-refractivity contribution in [2.75, 3.05) is 5.73 Å². The van der Waals surface area contributed by atoms with E-state index in [0.29, 0.717) is 5.00 Å². The first kappa shape index (κ1) is 14.3. The Hall–Kier alpha value is -1.61. The number of aryl methyl sites for hydroxylation is 1. The molecule has 2 aromatic rings. The molecule has 2 nitrogen and oxygen atoms in total. The number of fused-ring (bicyclic) bond motifs is 1. The van der Waals surface area contributed by atoms with Gasteiger partial charge in [-0.05, 0) is 35.8 Å². The molecule has 1 aromatic carbocycles. The minimum absolute atomic E-state index is 0.0763. The van der Waals surface area contributed by atoms with E-state index >= 15 is 0 Å². The van der Waals surface area contributed by atoms with E-state index in [4.69, 9.17) is 5.73 Å². The zero-order chi connectivity index (χ0) is 15.2. The lowest BCUT2D eigenvalue weighted by molar-refractivity contribution is 0.103. The minimum Gasteiger partial charge on any atom is -0.390 e. The van der Waals surface area contributed by atoms with Gasteiger partial charge in [-0.15, -0.1) is 11.3 Å². The van der Waals surface area contributed by atoms with Crippen molar-refractivity contribution in [1.82, 2.24) is 0 Å². The van der Waals surface area contributed by atoms with Gasteiger partial charge in [0, 0.05) is 10.4 Å². The van der Waals surface area contributed by atoms with E-state index in [1.165, 1.54) is 16.0 Å². The molecule has 3 heteroatoms. The van der Waals surface area contributed by atoms with Gasteiger partial charge in [0.1, 0.15) is 0 Å². The van der Waals surface area contributed by atoms with Gasteiger partial charge in [0.2, 0.25) is 0 Å². The van der Waals surface area contributed by atoms with Gasteiger partial charge >= 0.3 is 0 Å². The fraction of sp³-hybridized carbons (Fsp3) is 0.389. The number of anilines is 1. The van der Waals surface area contributed by atoms with Crippen LogP contribution in [-0.4, -0.2) is 5.78 Å². The molecule has 0 saturated heterocycles. The van der Waals surface area contributed by atoms with Crippen molar-refractivity contribution >= 4 is 22.1 Å². The van der Waals surface area contributed by atoms with E-state index in [0.717, 1.165) is 30.4 Å². The highest BCUT2D eigenvalue weighted by Gasteiger charge is 2.26. The fourth-order valence-electron chi connectivity index (χ4n) is 2.94. The van der Waals surface area contributed by atoms with E-state index in [2.05, 4.69) is 32.9 Å². The highest BCUT2D eigenvalue weighted by molar-refractivity contribution is 7.16. The molecule has 1 aliphatic rings. The molecule has 0 fully saturated rings. The van der Waals surface area contributed by atoms with Gasteiger partial charge in [-0.25, -0.2) is 0 Å². The average Bonchev–Trinajstić information content (AvgIpc) is 2.97. The lowest BCUT2D eigenvalue weighted by atomic mass is 9.86. The number of hydrogen-bond donors (Lipinski definition) is 1. The molecule has 0 saturated carbocycles. The second-order valence-corrected chi connectivity index (χ2v) is 7.89. The number of carbonyl (C=O) groups is 1. The maximum Gasteiger partial charge on any atom is 0.196 e. The number of nitrogen functional groups attached to an aromatic ring is 1. The van der Waals surface area contributed by atoms with Crippen molar-refractivity contribution in [3.8, 4) is 0 Å². The molecule has 0 atom stereocenters. The van der Waals surface area contributed by atoms with Gasteiger partial charge < -0.3 is 5.73 Å². The van der Waals surface area contributed by atoms with Crippen LogP contribution in [0.15, 0.2) is 24.3 Å². The highest BCUT2D eigenvalue weighted by Crippen LogP contribution is 2.38. The average molecular weight is 299 g/mol. The predicted octanol–water partition coefficient (Wildman–Crippen LogP) is 4.35. The molecule has 1 heterocycles. The Bertz CT molecular complexity index is 689. The summed E-state index contributed by atoms with van der Waals surface area (Å²) in [5, 5.41) is 0.685. The number of carbonyl (C=O) groups excluding carboxylic acids is 1. The summed E-state index contributed by atoms with van der Waals surface area (Å²) in [5.74, 6) is 0.0763. The molecule has 1 aromatic heterocycles. The van der Waals surface area contributed by atoms with Crippen LogP contribution in [0.5, 0.6) is 0 Å². The molecule has 21 heavy (non-hydrogen) atoms. The Balaban J connectivity index is 1.96. The van der Waals surface area contributed by atoms with Crippen LogP contribution >= 0.6 is 11.3 Å². The first-order chi connectivity index (χ1) is 9.88.